The number of thioether (sulfide) groups is 3. The van der Waals surface area contributed by atoms with Crippen molar-refractivity contribution in [3.63, 3.8) is 0 Å². The minimum absolute atomic E-state index is 0.169. The van der Waals surface area contributed by atoms with Gasteiger partial charge in [-0.15, -0.1) is 0 Å². The van der Waals surface area contributed by atoms with E-state index in [9.17, 15) is 14.4 Å². The summed E-state index contributed by atoms with van der Waals surface area (Å²) in [4.78, 5) is 40.8. The van der Waals surface area contributed by atoms with Crippen LogP contribution in [0, 0.1) is 0 Å². The maximum absolute atomic E-state index is 13.1. The number of hydrogen-bond acceptors (Lipinski definition) is 9. The van der Waals surface area contributed by atoms with Crippen LogP contribution in [-0.2, 0) is 23.6 Å². The van der Waals surface area contributed by atoms with Gasteiger partial charge in [0, 0.05) is 0 Å². The summed E-state index contributed by atoms with van der Waals surface area (Å²) in [5, 5.41) is 0. The zero-order chi connectivity index (χ0) is 51.7. The average molecular weight is 1160 g/mol. The minimum atomic E-state index is -4.81. The van der Waals surface area contributed by atoms with Crippen molar-refractivity contribution in [2.24, 2.45) is 0 Å². The molecule has 0 aliphatic carbocycles. The summed E-state index contributed by atoms with van der Waals surface area (Å²) in [6.07, 6.45) is 67.7. The van der Waals surface area contributed by atoms with Crippen molar-refractivity contribution in [1.82, 2.24) is 0 Å². The van der Waals surface area contributed by atoms with Gasteiger partial charge in [-0.25, -0.2) is 0 Å². The molecule has 0 bridgehead atoms. The summed E-state index contributed by atoms with van der Waals surface area (Å²) < 4.78 is 17.5. The van der Waals surface area contributed by atoms with Gasteiger partial charge in [0.15, 0.2) is 0 Å². The van der Waals surface area contributed by atoms with E-state index >= 15 is 0 Å². The molecule has 0 fully saturated rings. The first-order valence-electron chi connectivity index (χ1n) is 30.2. The van der Waals surface area contributed by atoms with Gasteiger partial charge in [-0.05, 0) is 38.5 Å². The standard InChI is InChI=1S/3C20H38O2S.CH3.Sn/c3*1-2-3-4-5-6-7-8-9-10-11-12-13-14-15-16-17-18-23-19-20(21)22;;/h3*9-10H,2-8,11-19H2,1H3,(H,21,22);1H3;/q;;;;+3/p-3/b3*10-9-;;. The third kappa shape index (κ3) is 57.0. The van der Waals surface area contributed by atoms with E-state index in [4.69, 9.17) is 9.22 Å². The molecule has 0 atom stereocenters. The quantitative estimate of drug-likeness (QED) is 0.0336. The zero-order valence-electron chi connectivity index (χ0n) is 47.1. The second-order valence-corrected chi connectivity index (χ2v) is 30.2. The average Bonchev–Trinajstić information content (AvgIpc) is 3.35. The summed E-state index contributed by atoms with van der Waals surface area (Å²) in [6, 6.07) is 0. The molecule has 0 spiro atoms. The topological polar surface area (TPSA) is 78.9 Å². The Morgan fingerprint density at radius 3 is 0.690 bits per heavy atom. The molecular weight excluding hydrogens is 1040 g/mol. The van der Waals surface area contributed by atoms with Crippen LogP contribution in [-0.4, -0.2) is 72.0 Å². The molecule has 0 aromatic rings. The number of rotatable bonds is 57. The summed E-state index contributed by atoms with van der Waals surface area (Å²) in [5.41, 5.74) is 0. The van der Waals surface area contributed by atoms with Crippen LogP contribution < -0.4 is 0 Å². The van der Waals surface area contributed by atoms with E-state index in [1.807, 2.05) is 0 Å². The second-order valence-electron chi connectivity index (χ2n) is 20.3. The van der Waals surface area contributed by atoms with Gasteiger partial charge >= 0.3 is 271 Å². The molecule has 0 rings (SSSR count). The van der Waals surface area contributed by atoms with Crippen molar-refractivity contribution in [3.05, 3.63) is 36.5 Å². The third-order valence-corrected chi connectivity index (χ3v) is 21.1. The normalized spacial score (nSPS) is 12.0. The third-order valence-electron chi connectivity index (χ3n) is 13.0. The van der Waals surface area contributed by atoms with E-state index < -0.39 is 37.5 Å². The Hall–Kier alpha value is -0.521. The summed E-state index contributed by atoms with van der Waals surface area (Å²) in [5.74, 6) is 1.78. The van der Waals surface area contributed by atoms with Crippen molar-refractivity contribution in [2.45, 2.75) is 295 Å². The molecular formula is C61H114O6S3Sn. The predicted octanol–water partition coefficient (Wildman–Crippen LogP) is 20.5. The molecule has 0 aromatic carbocycles. The maximum atomic E-state index is 13.1. The number of allylic oxidation sites excluding steroid dienone is 6. The van der Waals surface area contributed by atoms with Gasteiger partial charge in [-0.2, -0.15) is 0 Å². The first-order chi connectivity index (χ1) is 34.9. The molecule has 0 aliphatic rings. The van der Waals surface area contributed by atoms with Gasteiger partial charge in [-0.3, -0.25) is 0 Å². The SMILES string of the molecule is CCCCCCCC/C=C\CCCCCCCCSCC(=O)[O][Sn]([CH3])([O]C(=O)CSCCCCCCCC/C=C\CCCCCCCC)[O]C(=O)CSCCCCCCCC/C=C\CCCCCCCC. The zero-order valence-corrected chi connectivity index (χ0v) is 52.4. The smallest absolute Gasteiger partial charge is 0.0885 e. The fourth-order valence-electron chi connectivity index (χ4n) is 8.59. The van der Waals surface area contributed by atoms with Crippen LogP contribution in [0.15, 0.2) is 36.5 Å². The Labute approximate surface area is 459 Å². The van der Waals surface area contributed by atoms with Crippen LogP contribution in [0.5, 0.6) is 0 Å². The fraction of sp³-hybridized carbons (Fsp3) is 0.852. The van der Waals surface area contributed by atoms with Crippen molar-refractivity contribution in [2.75, 3.05) is 34.5 Å². The van der Waals surface area contributed by atoms with Crippen LogP contribution in [0.25, 0.3) is 0 Å². The van der Waals surface area contributed by atoms with Crippen molar-refractivity contribution < 1.29 is 23.6 Å². The first-order valence-corrected chi connectivity index (χ1v) is 40.0. The number of carbonyl (C=O) groups is 3. The van der Waals surface area contributed by atoms with E-state index in [-0.39, 0.29) is 17.3 Å². The predicted molar refractivity (Wildman–Crippen MR) is 320 cm³/mol. The molecule has 0 aliphatic heterocycles. The van der Waals surface area contributed by atoms with Crippen molar-refractivity contribution >= 4 is 72.8 Å². The summed E-state index contributed by atoms with van der Waals surface area (Å²) >= 11 is -0.157. The molecule has 0 saturated carbocycles. The molecule has 0 aromatic heterocycles. The number of unbranched alkanes of at least 4 members (excludes halogenated alkanes) is 36. The van der Waals surface area contributed by atoms with Gasteiger partial charge in [0.1, 0.15) is 0 Å². The van der Waals surface area contributed by atoms with Gasteiger partial charge in [0.2, 0.25) is 0 Å². The van der Waals surface area contributed by atoms with Gasteiger partial charge in [-0.1, -0.05) is 154 Å². The molecule has 0 unspecified atom stereocenters. The summed E-state index contributed by atoms with van der Waals surface area (Å²) in [6.45, 7) is 6.82. The fourth-order valence-corrected chi connectivity index (χ4v) is 16.3. The Balaban J connectivity index is 4.48. The van der Waals surface area contributed by atoms with Gasteiger partial charge in [0.05, 0.1) is 0 Å². The van der Waals surface area contributed by atoms with Crippen molar-refractivity contribution in [3.8, 4) is 0 Å². The molecule has 6 nitrogen and oxygen atoms in total. The van der Waals surface area contributed by atoms with Crippen LogP contribution in [0.4, 0.5) is 0 Å². The van der Waals surface area contributed by atoms with Crippen LogP contribution in [0.2, 0.25) is 4.94 Å². The van der Waals surface area contributed by atoms with E-state index in [0.717, 1.165) is 55.8 Å². The number of carbonyl (C=O) groups excluding carboxylic acids is 3. The molecule has 0 amide bonds. The molecule has 71 heavy (non-hydrogen) atoms. The Kier molecular flexibility index (Phi) is 58.3. The second kappa shape index (κ2) is 58.7. The molecule has 416 valence electrons. The van der Waals surface area contributed by atoms with E-state index in [1.54, 1.807) is 40.2 Å². The summed E-state index contributed by atoms with van der Waals surface area (Å²) in [7, 11) is 0. The number of hydrogen-bond donors (Lipinski definition) is 0. The van der Waals surface area contributed by atoms with Crippen LogP contribution in [0.3, 0.4) is 0 Å². The van der Waals surface area contributed by atoms with E-state index in [1.165, 1.54) is 231 Å². The molecule has 10 heteroatoms. The van der Waals surface area contributed by atoms with E-state index in [0.29, 0.717) is 0 Å². The Morgan fingerprint density at radius 1 is 0.296 bits per heavy atom. The molecule has 0 radical (unpaired) electrons. The Bertz CT molecular complexity index is 1100. The minimum Gasteiger partial charge on any atom is -0.0885 e. The van der Waals surface area contributed by atoms with Gasteiger partial charge in [0.25, 0.3) is 0 Å². The Morgan fingerprint density at radius 2 is 0.479 bits per heavy atom. The monoisotopic (exact) mass is 1160 g/mol. The van der Waals surface area contributed by atoms with Crippen LogP contribution >= 0.6 is 35.3 Å². The van der Waals surface area contributed by atoms with Crippen molar-refractivity contribution in [1.29, 1.82) is 0 Å². The molecule has 0 N–H and O–H groups in total. The van der Waals surface area contributed by atoms with Gasteiger partial charge < -0.3 is 0 Å². The first kappa shape index (κ1) is 70.5. The van der Waals surface area contributed by atoms with Crippen LogP contribution in [0.1, 0.15) is 290 Å². The molecule has 0 saturated heterocycles. The molecule has 0 heterocycles. The van der Waals surface area contributed by atoms with E-state index in [2.05, 4.69) is 57.2 Å².